The third-order valence-corrected chi connectivity index (χ3v) is 4.72. The van der Waals surface area contributed by atoms with E-state index in [0.29, 0.717) is 17.5 Å². The van der Waals surface area contributed by atoms with Crippen molar-refractivity contribution in [1.82, 2.24) is 14.6 Å². The van der Waals surface area contributed by atoms with Crippen LogP contribution in [0, 0.1) is 5.92 Å². The number of pyridine rings is 1. The summed E-state index contributed by atoms with van der Waals surface area (Å²) >= 11 is 1.67. The van der Waals surface area contributed by atoms with Crippen LogP contribution in [0.3, 0.4) is 0 Å². The number of carbonyl (C=O) groups excluding carboxylic acids is 1. The number of rotatable bonds is 2. The molecule has 2 unspecified atom stereocenters. The molecule has 5 heteroatoms. The Kier molecular flexibility index (Phi) is 2.63. The fraction of sp³-hybridized carbons (Fsp3) is 0.417. The van der Waals surface area contributed by atoms with Gasteiger partial charge >= 0.3 is 0 Å². The summed E-state index contributed by atoms with van der Waals surface area (Å²) in [5.41, 5.74) is 0.854. The lowest BCUT2D eigenvalue weighted by atomic mass is 10.1. The van der Waals surface area contributed by atoms with Crippen LogP contribution in [0.5, 0.6) is 0 Å². The first-order chi connectivity index (χ1) is 8.25. The number of nitrogens with zero attached hydrogens (tertiary/aromatic N) is 3. The largest absolute Gasteiger partial charge is 0.299 e. The van der Waals surface area contributed by atoms with Crippen LogP contribution in [0.25, 0.3) is 5.65 Å². The van der Waals surface area contributed by atoms with Gasteiger partial charge in [-0.2, -0.15) is 0 Å². The van der Waals surface area contributed by atoms with Crippen LogP contribution in [-0.2, 0) is 4.79 Å². The summed E-state index contributed by atoms with van der Waals surface area (Å²) in [5.74, 6) is 0.507. The van der Waals surface area contributed by atoms with Crippen molar-refractivity contribution in [3.8, 4) is 0 Å². The summed E-state index contributed by atoms with van der Waals surface area (Å²) in [6.45, 7) is 2.01. The third kappa shape index (κ3) is 1.84. The van der Waals surface area contributed by atoms with E-state index in [1.165, 1.54) is 0 Å². The van der Waals surface area contributed by atoms with Crippen molar-refractivity contribution < 1.29 is 4.79 Å². The van der Waals surface area contributed by atoms with Crippen LogP contribution in [0.15, 0.2) is 29.6 Å². The van der Waals surface area contributed by atoms with E-state index in [4.69, 9.17) is 0 Å². The number of ketones is 1. The van der Waals surface area contributed by atoms with Gasteiger partial charge in [0.05, 0.1) is 0 Å². The summed E-state index contributed by atoms with van der Waals surface area (Å²) in [5, 5.41) is 9.52. The second-order valence-corrected chi connectivity index (χ2v) is 5.57. The standard InChI is InChI=1S/C12H13N3OS/c1-8-9(16)5-6-10(8)17-12-14-13-11-4-2-3-7-15(11)12/h2-4,7-8,10H,5-6H2,1H3. The highest BCUT2D eigenvalue weighted by Crippen LogP contribution is 2.36. The Hall–Kier alpha value is -1.36. The lowest BCUT2D eigenvalue weighted by Gasteiger charge is -2.11. The molecule has 2 heterocycles. The maximum atomic E-state index is 11.5. The van der Waals surface area contributed by atoms with E-state index in [1.54, 1.807) is 11.8 Å². The molecule has 0 bridgehead atoms. The number of hydrogen-bond acceptors (Lipinski definition) is 4. The third-order valence-electron chi connectivity index (χ3n) is 3.28. The second kappa shape index (κ2) is 4.14. The minimum atomic E-state index is 0.135. The molecule has 0 N–H and O–H groups in total. The van der Waals surface area contributed by atoms with Crippen LogP contribution in [0.2, 0.25) is 0 Å². The minimum Gasteiger partial charge on any atom is -0.299 e. The molecule has 1 aliphatic carbocycles. The van der Waals surface area contributed by atoms with Crippen molar-refractivity contribution in [2.24, 2.45) is 5.92 Å². The smallest absolute Gasteiger partial charge is 0.195 e. The normalized spacial score (nSPS) is 24.6. The summed E-state index contributed by atoms with van der Waals surface area (Å²) in [4.78, 5) is 11.5. The number of fused-ring (bicyclic) bond motifs is 1. The Bertz CT molecular complexity index is 566. The molecule has 1 aliphatic rings. The van der Waals surface area contributed by atoms with E-state index in [1.807, 2.05) is 35.7 Å². The molecule has 0 radical (unpaired) electrons. The molecule has 0 aromatic carbocycles. The second-order valence-electron chi connectivity index (χ2n) is 4.36. The van der Waals surface area contributed by atoms with Crippen molar-refractivity contribution in [2.75, 3.05) is 0 Å². The molecule has 1 saturated carbocycles. The Morgan fingerprint density at radius 1 is 1.41 bits per heavy atom. The van der Waals surface area contributed by atoms with E-state index in [0.717, 1.165) is 17.2 Å². The average Bonchev–Trinajstić information content (AvgIpc) is 2.89. The van der Waals surface area contributed by atoms with Crippen molar-refractivity contribution in [1.29, 1.82) is 0 Å². The molecule has 3 rings (SSSR count). The molecular formula is C12H13N3OS. The Morgan fingerprint density at radius 3 is 3.06 bits per heavy atom. The Balaban J connectivity index is 1.88. The van der Waals surface area contributed by atoms with Crippen molar-refractivity contribution in [3.05, 3.63) is 24.4 Å². The quantitative estimate of drug-likeness (QED) is 0.816. The number of Topliss-reactive ketones (excluding diaryl/α,β-unsaturated/α-hetero) is 1. The summed E-state index contributed by atoms with van der Waals surface area (Å²) in [6.07, 6.45) is 3.61. The maximum Gasteiger partial charge on any atom is 0.195 e. The molecule has 88 valence electrons. The van der Waals surface area contributed by atoms with Gasteiger partial charge in [-0.25, -0.2) is 0 Å². The first kappa shape index (κ1) is 10.8. The molecule has 2 atom stereocenters. The van der Waals surface area contributed by atoms with E-state index in [2.05, 4.69) is 10.2 Å². The van der Waals surface area contributed by atoms with Gasteiger partial charge < -0.3 is 0 Å². The molecule has 1 fully saturated rings. The maximum absolute atomic E-state index is 11.5. The lowest BCUT2D eigenvalue weighted by Crippen LogP contribution is -2.12. The van der Waals surface area contributed by atoms with Crippen LogP contribution >= 0.6 is 11.8 Å². The predicted octanol–water partition coefficient (Wildman–Crippen LogP) is 2.19. The van der Waals surface area contributed by atoms with Crippen molar-refractivity contribution in [2.45, 2.75) is 30.2 Å². The molecule has 17 heavy (non-hydrogen) atoms. The van der Waals surface area contributed by atoms with Gasteiger partial charge in [0.15, 0.2) is 10.8 Å². The van der Waals surface area contributed by atoms with Gasteiger partial charge in [0, 0.05) is 23.8 Å². The minimum absolute atomic E-state index is 0.135. The fourth-order valence-corrected chi connectivity index (χ4v) is 3.38. The van der Waals surface area contributed by atoms with Crippen LogP contribution in [-0.4, -0.2) is 25.6 Å². The van der Waals surface area contributed by atoms with Gasteiger partial charge in [-0.05, 0) is 18.6 Å². The summed E-state index contributed by atoms with van der Waals surface area (Å²) in [6, 6.07) is 5.84. The van der Waals surface area contributed by atoms with Gasteiger partial charge in [-0.15, -0.1) is 10.2 Å². The zero-order valence-corrected chi connectivity index (χ0v) is 10.4. The SMILES string of the molecule is CC1C(=O)CCC1Sc1nnc2ccccn12. The first-order valence-electron chi connectivity index (χ1n) is 5.75. The zero-order valence-electron chi connectivity index (χ0n) is 9.54. The number of thioether (sulfide) groups is 1. The monoisotopic (exact) mass is 247 g/mol. The molecule has 0 aliphatic heterocycles. The Morgan fingerprint density at radius 2 is 2.29 bits per heavy atom. The van der Waals surface area contributed by atoms with Crippen LogP contribution < -0.4 is 0 Å². The van der Waals surface area contributed by atoms with Gasteiger partial charge in [0.25, 0.3) is 0 Å². The first-order valence-corrected chi connectivity index (χ1v) is 6.63. The van der Waals surface area contributed by atoms with Crippen LogP contribution in [0.1, 0.15) is 19.8 Å². The molecule has 2 aromatic rings. The van der Waals surface area contributed by atoms with Gasteiger partial charge in [-0.3, -0.25) is 9.20 Å². The van der Waals surface area contributed by atoms with Crippen molar-refractivity contribution in [3.63, 3.8) is 0 Å². The summed E-state index contributed by atoms with van der Waals surface area (Å²) < 4.78 is 1.97. The molecular weight excluding hydrogens is 234 g/mol. The molecule has 0 saturated heterocycles. The molecule has 4 nitrogen and oxygen atoms in total. The highest BCUT2D eigenvalue weighted by atomic mass is 32.2. The predicted molar refractivity (Wildman–Crippen MR) is 66.0 cm³/mol. The van der Waals surface area contributed by atoms with Gasteiger partial charge in [-0.1, -0.05) is 24.8 Å². The number of hydrogen-bond donors (Lipinski definition) is 0. The average molecular weight is 247 g/mol. The van der Waals surface area contributed by atoms with Crippen molar-refractivity contribution >= 4 is 23.2 Å². The fourth-order valence-electron chi connectivity index (χ4n) is 2.17. The van der Waals surface area contributed by atoms with E-state index in [9.17, 15) is 4.79 Å². The zero-order chi connectivity index (χ0) is 11.8. The Labute approximate surface area is 103 Å². The topological polar surface area (TPSA) is 47.3 Å². The number of carbonyl (C=O) groups is 1. The molecule has 0 spiro atoms. The van der Waals surface area contributed by atoms with Gasteiger partial charge in [0.2, 0.25) is 0 Å². The lowest BCUT2D eigenvalue weighted by molar-refractivity contribution is -0.120. The highest BCUT2D eigenvalue weighted by Gasteiger charge is 2.32. The highest BCUT2D eigenvalue weighted by molar-refractivity contribution is 7.99. The summed E-state index contributed by atoms with van der Waals surface area (Å²) in [7, 11) is 0. The molecule has 2 aromatic heterocycles. The van der Waals surface area contributed by atoms with E-state index in [-0.39, 0.29) is 5.92 Å². The number of aromatic nitrogens is 3. The van der Waals surface area contributed by atoms with E-state index >= 15 is 0 Å². The van der Waals surface area contributed by atoms with Gasteiger partial charge in [0.1, 0.15) is 5.78 Å². The van der Waals surface area contributed by atoms with Crippen LogP contribution in [0.4, 0.5) is 0 Å². The molecule has 0 amide bonds. The van der Waals surface area contributed by atoms with E-state index < -0.39 is 0 Å².